The molecule has 0 aliphatic heterocycles. The van der Waals surface area contributed by atoms with Crippen molar-refractivity contribution in [1.29, 1.82) is 0 Å². The molecule has 10 heteroatoms. The molecule has 40 heavy (non-hydrogen) atoms. The first-order chi connectivity index (χ1) is 19.1. The summed E-state index contributed by atoms with van der Waals surface area (Å²) in [4.78, 5) is 11.3. The van der Waals surface area contributed by atoms with E-state index >= 15 is 0 Å². The molecular weight excluding hydrogens is 525 g/mol. The topological polar surface area (TPSA) is 93.8 Å². The summed E-state index contributed by atoms with van der Waals surface area (Å²) in [6.45, 7) is 0.988. The number of aromatic nitrogens is 1. The van der Waals surface area contributed by atoms with E-state index in [0.29, 0.717) is 17.0 Å². The number of ether oxygens (including phenoxy) is 2. The number of aromatic carboxylic acids is 1. The number of carboxylic acid groups (broad SMARTS) is 1. The Morgan fingerprint density at radius 2 is 1.77 bits per heavy atom. The molecular formula is C30H31F3N2O5. The van der Waals surface area contributed by atoms with Gasteiger partial charge in [0.2, 0.25) is 0 Å². The van der Waals surface area contributed by atoms with Gasteiger partial charge in [0.15, 0.2) is 0 Å². The van der Waals surface area contributed by atoms with E-state index in [2.05, 4.69) is 15.2 Å². The standard InChI is InChI=1S/C30H31F3N2O5/c31-30(32,33)39-24-7-2-1-6-22(24)25-23(26(40-35-25)19-8-9-19)17-38-29-13-10-28(11-14-29,12-15-29)18-34-21-5-3-4-20(16-21)27(36)37/h1-7,16,19,34H,8-15,17-18H2,(H,36,37). The zero-order chi connectivity index (χ0) is 28.0. The minimum Gasteiger partial charge on any atom is -0.478 e. The van der Waals surface area contributed by atoms with Crippen LogP contribution in [0.4, 0.5) is 18.9 Å². The summed E-state index contributed by atoms with van der Waals surface area (Å²) in [5.74, 6) is -0.353. The van der Waals surface area contributed by atoms with Gasteiger partial charge in [0.25, 0.3) is 0 Å². The maximum absolute atomic E-state index is 13.1. The fraction of sp³-hybridized carbons (Fsp3) is 0.467. The number of hydrogen-bond donors (Lipinski definition) is 2. The second-order valence-electron chi connectivity index (χ2n) is 11.4. The van der Waals surface area contributed by atoms with Crippen molar-refractivity contribution in [2.75, 3.05) is 11.9 Å². The van der Waals surface area contributed by atoms with E-state index in [9.17, 15) is 23.1 Å². The van der Waals surface area contributed by atoms with Crippen molar-refractivity contribution in [3.05, 3.63) is 65.4 Å². The molecule has 2 N–H and O–H groups in total. The molecule has 0 atom stereocenters. The Balaban J connectivity index is 1.14. The predicted octanol–water partition coefficient (Wildman–Crippen LogP) is 7.54. The predicted molar refractivity (Wildman–Crippen MR) is 140 cm³/mol. The zero-order valence-corrected chi connectivity index (χ0v) is 21.9. The van der Waals surface area contributed by atoms with Crippen LogP contribution in [0.2, 0.25) is 0 Å². The van der Waals surface area contributed by atoms with Gasteiger partial charge in [0, 0.05) is 29.3 Å². The smallest absolute Gasteiger partial charge is 0.478 e. The van der Waals surface area contributed by atoms with Crippen molar-refractivity contribution >= 4 is 11.7 Å². The average Bonchev–Trinajstić information content (AvgIpc) is 3.71. The lowest BCUT2D eigenvalue weighted by atomic mass is 9.58. The van der Waals surface area contributed by atoms with Crippen LogP contribution in [0.3, 0.4) is 0 Å². The summed E-state index contributed by atoms with van der Waals surface area (Å²) < 4.78 is 55.9. The molecule has 0 unspecified atom stereocenters. The van der Waals surface area contributed by atoms with Crippen LogP contribution in [0.1, 0.15) is 79.0 Å². The van der Waals surface area contributed by atoms with Gasteiger partial charge in [0.1, 0.15) is 17.2 Å². The highest BCUT2D eigenvalue weighted by Gasteiger charge is 2.49. The van der Waals surface area contributed by atoms with Crippen molar-refractivity contribution in [3.8, 4) is 17.0 Å². The molecule has 0 spiro atoms. The molecule has 4 fully saturated rings. The van der Waals surface area contributed by atoms with Crippen LogP contribution in [-0.2, 0) is 11.3 Å². The van der Waals surface area contributed by atoms with Crippen LogP contribution in [0.25, 0.3) is 11.3 Å². The number of hydrogen-bond acceptors (Lipinski definition) is 6. The summed E-state index contributed by atoms with van der Waals surface area (Å²) in [7, 11) is 0. The highest BCUT2D eigenvalue weighted by Crippen LogP contribution is 2.55. The van der Waals surface area contributed by atoms with E-state index in [1.165, 1.54) is 12.1 Å². The lowest BCUT2D eigenvalue weighted by Crippen LogP contribution is -2.50. The Morgan fingerprint density at radius 3 is 2.45 bits per heavy atom. The number of nitrogens with one attached hydrogen (secondary N) is 1. The third-order valence-corrected chi connectivity index (χ3v) is 8.77. The Kier molecular flexibility index (Phi) is 6.76. The maximum Gasteiger partial charge on any atom is 0.573 e. The second-order valence-corrected chi connectivity index (χ2v) is 11.4. The Morgan fingerprint density at radius 1 is 1.05 bits per heavy atom. The molecule has 7 rings (SSSR count). The van der Waals surface area contributed by atoms with E-state index in [1.54, 1.807) is 30.3 Å². The monoisotopic (exact) mass is 556 g/mol. The van der Waals surface area contributed by atoms with E-state index < -0.39 is 12.3 Å². The summed E-state index contributed by atoms with van der Waals surface area (Å²) in [5, 5.41) is 16.9. The summed E-state index contributed by atoms with van der Waals surface area (Å²) in [5.41, 5.74) is 2.17. The number of anilines is 1. The lowest BCUT2D eigenvalue weighted by Gasteiger charge is -2.53. The summed E-state index contributed by atoms with van der Waals surface area (Å²) >= 11 is 0. The molecule has 2 aromatic carbocycles. The van der Waals surface area contributed by atoms with Crippen molar-refractivity contribution in [1.82, 2.24) is 5.16 Å². The van der Waals surface area contributed by atoms with E-state index in [-0.39, 0.29) is 40.4 Å². The quantitative estimate of drug-likeness (QED) is 0.266. The van der Waals surface area contributed by atoms with Crippen molar-refractivity contribution in [2.45, 2.75) is 75.9 Å². The number of halogens is 3. The van der Waals surface area contributed by atoms with Gasteiger partial charge in [-0.25, -0.2) is 4.79 Å². The first-order valence-electron chi connectivity index (χ1n) is 13.7. The molecule has 0 amide bonds. The molecule has 4 aliphatic carbocycles. The first kappa shape index (κ1) is 26.7. The molecule has 0 saturated heterocycles. The number of carboxylic acids is 1. The second kappa shape index (κ2) is 10.1. The highest BCUT2D eigenvalue weighted by molar-refractivity contribution is 5.88. The van der Waals surface area contributed by atoms with Crippen LogP contribution in [0.15, 0.2) is 53.1 Å². The van der Waals surface area contributed by atoms with Crippen LogP contribution < -0.4 is 10.1 Å². The van der Waals surface area contributed by atoms with E-state index in [0.717, 1.165) is 63.6 Å². The number of benzene rings is 2. The van der Waals surface area contributed by atoms with Gasteiger partial charge in [0.05, 0.1) is 17.8 Å². The number of alkyl halides is 3. The van der Waals surface area contributed by atoms with Crippen molar-refractivity contribution in [2.24, 2.45) is 5.41 Å². The molecule has 4 aliphatic rings. The Labute approximate surface area is 229 Å². The summed E-state index contributed by atoms with van der Waals surface area (Å²) in [6.07, 6.45) is 2.69. The van der Waals surface area contributed by atoms with Gasteiger partial charge in [-0.3, -0.25) is 0 Å². The Bertz CT molecular complexity index is 1370. The largest absolute Gasteiger partial charge is 0.573 e. The van der Waals surface area contributed by atoms with Crippen LogP contribution >= 0.6 is 0 Å². The minimum atomic E-state index is -4.82. The molecule has 3 aromatic rings. The minimum absolute atomic E-state index is 0.125. The van der Waals surface area contributed by atoms with E-state index in [4.69, 9.17) is 9.26 Å². The van der Waals surface area contributed by atoms with Crippen LogP contribution in [0, 0.1) is 5.41 Å². The number of para-hydroxylation sites is 1. The van der Waals surface area contributed by atoms with Crippen LogP contribution in [0.5, 0.6) is 5.75 Å². The molecule has 1 aromatic heterocycles. The lowest BCUT2D eigenvalue weighted by molar-refractivity contribution is -0.274. The van der Waals surface area contributed by atoms with Gasteiger partial charge >= 0.3 is 12.3 Å². The van der Waals surface area contributed by atoms with Gasteiger partial charge in [-0.1, -0.05) is 23.4 Å². The zero-order valence-electron chi connectivity index (χ0n) is 21.9. The molecule has 0 radical (unpaired) electrons. The number of rotatable bonds is 10. The van der Waals surface area contributed by atoms with Crippen LogP contribution in [-0.4, -0.2) is 34.7 Å². The fourth-order valence-corrected chi connectivity index (χ4v) is 6.20. The van der Waals surface area contributed by atoms with Crippen molar-refractivity contribution in [3.63, 3.8) is 0 Å². The average molecular weight is 557 g/mol. The summed E-state index contributed by atoms with van der Waals surface area (Å²) in [6, 6.07) is 12.9. The molecule has 212 valence electrons. The highest BCUT2D eigenvalue weighted by atomic mass is 19.4. The van der Waals surface area contributed by atoms with Crippen molar-refractivity contribution < 1.29 is 37.1 Å². The van der Waals surface area contributed by atoms with E-state index in [1.807, 2.05) is 6.07 Å². The molecule has 7 nitrogen and oxygen atoms in total. The third-order valence-electron chi connectivity index (χ3n) is 8.77. The first-order valence-corrected chi connectivity index (χ1v) is 13.7. The fourth-order valence-electron chi connectivity index (χ4n) is 6.20. The third kappa shape index (κ3) is 5.54. The molecule has 1 heterocycles. The normalized spacial score (nSPS) is 24.2. The molecule has 4 saturated carbocycles. The van der Waals surface area contributed by atoms with Gasteiger partial charge in [-0.2, -0.15) is 0 Å². The van der Waals surface area contributed by atoms with Gasteiger partial charge in [-0.15, -0.1) is 13.2 Å². The number of fused-ring (bicyclic) bond motifs is 3. The maximum atomic E-state index is 13.1. The number of carbonyl (C=O) groups is 1. The molecule has 2 bridgehead atoms. The Hall–Kier alpha value is -3.53. The van der Waals surface area contributed by atoms with Gasteiger partial charge < -0.3 is 24.4 Å². The number of nitrogens with zero attached hydrogens (tertiary/aromatic N) is 1. The SMILES string of the molecule is O=C(O)c1cccc(NCC23CCC(OCc4c(-c5ccccc5OC(F)(F)F)noc4C4CC4)(CC2)CC3)c1. The van der Waals surface area contributed by atoms with Gasteiger partial charge in [-0.05, 0) is 87.1 Å².